The van der Waals surface area contributed by atoms with Gasteiger partial charge in [0.2, 0.25) is 0 Å². The second kappa shape index (κ2) is 7.93. The molecule has 3 rings (SSSR count). The quantitative estimate of drug-likeness (QED) is 0.876. The molecule has 25 heavy (non-hydrogen) atoms. The van der Waals surface area contributed by atoms with E-state index >= 15 is 0 Å². The van der Waals surface area contributed by atoms with E-state index in [0.717, 1.165) is 13.1 Å². The molecule has 0 aromatic heterocycles. The maximum Gasteiger partial charge on any atom is 0.254 e. The molecule has 0 radical (unpaired) electrons. The third-order valence-electron chi connectivity index (χ3n) is 4.46. The zero-order chi connectivity index (χ0) is 17.3. The number of carbonyl (C=O) groups is 1. The van der Waals surface area contributed by atoms with Crippen molar-refractivity contribution in [1.82, 2.24) is 10.2 Å². The molecular weight excluding hydrogens is 346 g/mol. The number of hydrogen-bond donors (Lipinski definition) is 1. The van der Waals surface area contributed by atoms with Gasteiger partial charge in [0.15, 0.2) is 0 Å². The molecule has 134 valence electrons. The van der Waals surface area contributed by atoms with Crippen molar-refractivity contribution in [2.45, 2.75) is 19.9 Å². The highest BCUT2D eigenvalue weighted by molar-refractivity contribution is 5.95. The molecule has 3 nitrogen and oxygen atoms in total. The van der Waals surface area contributed by atoms with Crippen LogP contribution in [0.2, 0.25) is 0 Å². The van der Waals surface area contributed by atoms with Gasteiger partial charge < -0.3 is 10.2 Å². The molecule has 2 aromatic carbocycles. The summed E-state index contributed by atoms with van der Waals surface area (Å²) in [6.45, 7) is 5.79. The van der Waals surface area contributed by atoms with E-state index in [2.05, 4.69) is 5.32 Å². The van der Waals surface area contributed by atoms with E-state index in [9.17, 15) is 13.6 Å². The first-order valence-electron chi connectivity index (χ1n) is 8.05. The van der Waals surface area contributed by atoms with Crippen LogP contribution in [0.15, 0.2) is 36.4 Å². The summed E-state index contributed by atoms with van der Waals surface area (Å²) in [4.78, 5) is 14.4. The summed E-state index contributed by atoms with van der Waals surface area (Å²) in [6.07, 6.45) is 0. The van der Waals surface area contributed by atoms with Gasteiger partial charge in [-0.2, -0.15) is 0 Å². The number of hydrogen-bond acceptors (Lipinski definition) is 2. The molecule has 1 saturated heterocycles. The monoisotopic (exact) mass is 366 g/mol. The highest BCUT2D eigenvalue weighted by atomic mass is 35.5. The van der Waals surface area contributed by atoms with Crippen LogP contribution in [0, 0.1) is 18.6 Å². The first-order valence-corrected chi connectivity index (χ1v) is 8.05. The predicted octanol–water partition coefficient (Wildman–Crippen LogP) is 3.80. The van der Waals surface area contributed by atoms with Crippen LogP contribution >= 0.6 is 12.4 Å². The van der Waals surface area contributed by atoms with Crippen molar-refractivity contribution >= 4 is 18.3 Å². The zero-order valence-electron chi connectivity index (χ0n) is 14.2. The minimum Gasteiger partial charge on any atom is -0.333 e. The third-order valence-corrected chi connectivity index (χ3v) is 4.46. The molecule has 0 saturated carbocycles. The number of benzene rings is 2. The van der Waals surface area contributed by atoms with Crippen molar-refractivity contribution in [1.29, 1.82) is 0 Å². The van der Waals surface area contributed by atoms with Crippen LogP contribution < -0.4 is 5.32 Å². The molecular formula is C19H21ClF2N2O. The fraction of sp³-hybridized carbons (Fsp3) is 0.316. The first-order chi connectivity index (χ1) is 11.5. The van der Waals surface area contributed by atoms with Gasteiger partial charge in [0, 0.05) is 36.8 Å². The fourth-order valence-electron chi connectivity index (χ4n) is 3.10. The van der Waals surface area contributed by atoms with Crippen LogP contribution in [0.25, 0.3) is 11.1 Å². The Bertz CT molecular complexity index is 782. The summed E-state index contributed by atoms with van der Waals surface area (Å²) in [5, 5.41) is 3.22. The Labute approximate surface area is 152 Å². The van der Waals surface area contributed by atoms with Gasteiger partial charge in [0.05, 0.1) is 0 Å². The molecule has 0 spiro atoms. The van der Waals surface area contributed by atoms with Gasteiger partial charge in [-0.25, -0.2) is 8.78 Å². The Morgan fingerprint density at radius 1 is 1.16 bits per heavy atom. The molecule has 1 aliphatic heterocycles. The number of aryl methyl sites for hydroxylation is 1. The topological polar surface area (TPSA) is 32.3 Å². The Morgan fingerprint density at radius 3 is 2.52 bits per heavy atom. The van der Waals surface area contributed by atoms with E-state index in [0.29, 0.717) is 28.8 Å². The van der Waals surface area contributed by atoms with Crippen LogP contribution in [-0.4, -0.2) is 36.5 Å². The van der Waals surface area contributed by atoms with Gasteiger partial charge in [-0.15, -0.1) is 12.4 Å². The summed E-state index contributed by atoms with van der Waals surface area (Å²) in [6, 6.07) is 8.82. The summed E-state index contributed by atoms with van der Waals surface area (Å²) in [7, 11) is 0. The molecule has 1 fully saturated rings. The molecule has 1 aliphatic rings. The average molecular weight is 367 g/mol. The molecule has 1 atom stereocenters. The highest BCUT2D eigenvalue weighted by Gasteiger charge is 2.24. The maximum absolute atomic E-state index is 14.6. The molecule has 0 bridgehead atoms. The van der Waals surface area contributed by atoms with E-state index in [1.807, 2.05) is 6.92 Å². The molecule has 0 aliphatic carbocycles. The van der Waals surface area contributed by atoms with Crippen LogP contribution in [0.5, 0.6) is 0 Å². The maximum atomic E-state index is 14.6. The first kappa shape index (κ1) is 19.3. The van der Waals surface area contributed by atoms with Crippen molar-refractivity contribution in [2.75, 3.05) is 19.6 Å². The Balaban J connectivity index is 0.00000225. The lowest BCUT2D eigenvalue weighted by Gasteiger charge is -2.34. The minimum atomic E-state index is -0.474. The summed E-state index contributed by atoms with van der Waals surface area (Å²) < 4.78 is 27.8. The van der Waals surface area contributed by atoms with E-state index in [-0.39, 0.29) is 30.2 Å². The van der Waals surface area contributed by atoms with Crippen LogP contribution in [-0.2, 0) is 0 Å². The van der Waals surface area contributed by atoms with Crippen molar-refractivity contribution < 1.29 is 13.6 Å². The fourth-order valence-corrected chi connectivity index (χ4v) is 3.10. The summed E-state index contributed by atoms with van der Waals surface area (Å²) in [5.41, 5.74) is 1.99. The van der Waals surface area contributed by atoms with Crippen molar-refractivity contribution in [3.63, 3.8) is 0 Å². The predicted molar refractivity (Wildman–Crippen MR) is 97.1 cm³/mol. The highest BCUT2D eigenvalue weighted by Crippen LogP contribution is 2.27. The third kappa shape index (κ3) is 3.99. The number of carbonyl (C=O) groups excluding carboxylic acids is 1. The number of halogens is 3. The van der Waals surface area contributed by atoms with Crippen molar-refractivity contribution in [3.05, 3.63) is 59.2 Å². The normalized spacial score (nSPS) is 17.1. The number of rotatable bonds is 2. The lowest BCUT2D eigenvalue weighted by Crippen LogP contribution is -2.52. The standard InChI is InChI=1S/C19H20F2N2O.ClH/c1-12-9-15(20)4-6-16(12)17-5-3-14(10-18(17)21)19(24)23-8-7-22-11-13(23)2;/h3-6,9-10,13,22H,7-8,11H2,1-2H3;1H/t13-;/m0./s1. The average Bonchev–Trinajstić information content (AvgIpc) is 2.55. The van der Waals surface area contributed by atoms with Crippen LogP contribution in [0.4, 0.5) is 8.78 Å². The van der Waals surface area contributed by atoms with Crippen molar-refractivity contribution in [2.24, 2.45) is 0 Å². The van der Waals surface area contributed by atoms with Crippen LogP contribution in [0.3, 0.4) is 0 Å². The number of nitrogens with zero attached hydrogens (tertiary/aromatic N) is 1. The Morgan fingerprint density at radius 2 is 1.88 bits per heavy atom. The Hall–Kier alpha value is -1.98. The van der Waals surface area contributed by atoms with E-state index in [4.69, 9.17) is 0 Å². The number of piperazine rings is 1. The van der Waals surface area contributed by atoms with Crippen molar-refractivity contribution in [3.8, 4) is 11.1 Å². The number of nitrogens with one attached hydrogen (secondary N) is 1. The minimum absolute atomic E-state index is 0. The molecule has 2 aromatic rings. The largest absolute Gasteiger partial charge is 0.333 e. The van der Waals surface area contributed by atoms with Gasteiger partial charge in [-0.05, 0) is 49.2 Å². The van der Waals surface area contributed by atoms with Gasteiger partial charge in [-0.1, -0.05) is 12.1 Å². The zero-order valence-corrected chi connectivity index (χ0v) is 15.0. The molecule has 1 heterocycles. The second-order valence-electron chi connectivity index (χ2n) is 6.21. The molecule has 1 N–H and O–H groups in total. The van der Waals surface area contributed by atoms with Gasteiger partial charge in [0.1, 0.15) is 11.6 Å². The van der Waals surface area contributed by atoms with Gasteiger partial charge >= 0.3 is 0 Å². The molecule has 6 heteroatoms. The summed E-state index contributed by atoms with van der Waals surface area (Å²) in [5.74, 6) is -0.986. The second-order valence-corrected chi connectivity index (χ2v) is 6.21. The molecule has 0 unspecified atom stereocenters. The molecule has 1 amide bonds. The summed E-state index contributed by atoms with van der Waals surface area (Å²) >= 11 is 0. The Kier molecular flexibility index (Phi) is 6.14. The van der Waals surface area contributed by atoms with E-state index in [1.165, 1.54) is 18.2 Å². The van der Waals surface area contributed by atoms with Gasteiger partial charge in [-0.3, -0.25) is 4.79 Å². The lowest BCUT2D eigenvalue weighted by atomic mass is 9.98. The SMILES string of the molecule is Cc1cc(F)ccc1-c1ccc(C(=O)N2CCNC[C@@H]2C)cc1F.Cl. The lowest BCUT2D eigenvalue weighted by molar-refractivity contribution is 0.0655. The van der Waals surface area contributed by atoms with Gasteiger partial charge in [0.25, 0.3) is 5.91 Å². The van der Waals surface area contributed by atoms with Crippen LogP contribution in [0.1, 0.15) is 22.8 Å². The van der Waals surface area contributed by atoms with E-state index < -0.39 is 5.82 Å². The number of amides is 1. The smallest absolute Gasteiger partial charge is 0.254 e. The van der Waals surface area contributed by atoms with E-state index in [1.54, 1.807) is 30.0 Å².